The summed E-state index contributed by atoms with van der Waals surface area (Å²) in [6, 6.07) is 19.7. The van der Waals surface area contributed by atoms with E-state index >= 15 is 0 Å². The van der Waals surface area contributed by atoms with Crippen molar-refractivity contribution in [1.29, 1.82) is 0 Å². The van der Waals surface area contributed by atoms with Crippen molar-refractivity contribution in [3.63, 3.8) is 0 Å². The first-order valence-electron chi connectivity index (χ1n) is 13.7. The number of halogens is 1. The first kappa shape index (κ1) is 28.4. The van der Waals surface area contributed by atoms with E-state index < -0.39 is 0 Å². The van der Waals surface area contributed by atoms with Crippen LogP contribution in [-0.4, -0.2) is 60.2 Å². The number of esters is 1. The van der Waals surface area contributed by atoms with Gasteiger partial charge in [0.25, 0.3) is 11.8 Å². The predicted molar refractivity (Wildman–Crippen MR) is 156 cm³/mol. The van der Waals surface area contributed by atoms with Crippen molar-refractivity contribution in [3.8, 4) is 0 Å². The summed E-state index contributed by atoms with van der Waals surface area (Å²) >= 11 is 6.01. The van der Waals surface area contributed by atoms with Gasteiger partial charge in [-0.05, 0) is 78.4 Å². The Bertz CT molecular complexity index is 1450. The van der Waals surface area contributed by atoms with E-state index in [2.05, 4.69) is 0 Å². The SMILES string of the molecule is COC(=O)CCc1ccc2c(c1)N(Cc1ccc(C(=O)N3CCCC3)cc1)C(=O)CN(C(=O)c1ccc(Cl)cc1)C2. The number of nitrogens with zero attached hydrogens (tertiary/aromatic N) is 3. The van der Waals surface area contributed by atoms with Crippen LogP contribution < -0.4 is 4.90 Å². The first-order valence-corrected chi connectivity index (χ1v) is 14.1. The molecular weight excluding hydrogens is 542 g/mol. The maximum atomic E-state index is 13.7. The molecule has 0 bridgehead atoms. The van der Waals surface area contributed by atoms with Crippen LogP contribution in [0.2, 0.25) is 5.02 Å². The van der Waals surface area contributed by atoms with Gasteiger partial charge in [-0.15, -0.1) is 0 Å². The number of aryl methyl sites for hydroxylation is 1. The Morgan fingerprint density at radius 3 is 2.07 bits per heavy atom. The van der Waals surface area contributed by atoms with Gasteiger partial charge < -0.3 is 19.4 Å². The minimum atomic E-state index is -0.309. The monoisotopic (exact) mass is 573 g/mol. The fourth-order valence-electron chi connectivity index (χ4n) is 5.27. The molecular formula is C32H32ClN3O5. The molecule has 8 nitrogen and oxygen atoms in total. The van der Waals surface area contributed by atoms with Gasteiger partial charge >= 0.3 is 5.97 Å². The third kappa shape index (κ3) is 6.60. The smallest absolute Gasteiger partial charge is 0.305 e. The van der Waals surface area contributed by atoms with Crippen LogP contribution in [0.5, 0.6) is 0 Å². The molecule has 3 aromatic rings. The fraction of sp³-hybridized carbons (Fsp3) is 0.312. The number of carbonyl (C=O) groups is 4. The van der Waals surface area contributed by atoms with Gasteiger partial charge in [-0.25, -0.2) is 0 Å². The van der Waals surface area contributed by atoms with Gasteiger partial charge in [-0.2, -0.15) is 0 Å². The van der Waals surface area contributed by atoms with Gasteiger partial charge in [-0.3, -0.25) is 19.2 Å². The first-order chi connectivity index (χ1) is 19.8. The van der Waals surface area contributed by atoms with E-state index in [4.69, 9.17) is 16.3 Å². The van der Waals surface area contributed by atoms with Crippen LogP contribution in [0.1, 0.15) is 56.7 Å². The molecule has 3 aromatic carbocycles. The number of likely N-dealkylation sites (tertiary alicyclic amines) is 1. The van der Waals surface area contributed by atoms with Crippen LogP contribution in [0.15, 0.2) is 66.7 Å². The van der Waals surface area contributed by atoms with Gasteiger partial charge in [0.1, 0.15) is 6.54 Å². The second kappa shape index (κ2) is 12.6. The summed E-state index contributed by atoms with van der Waals surface area (Å²) in [6.45, 7) is 1.98. The summed E-state index contributed by atoms with van der Waals surface area (Å²) in [5, 5.41) is 0.526. The van der Waals surface area contributed by atoms with Gasteiger partial charge in [0.2, 0.25) is 5.91 Å². The molecule has 0 N–H and O–H groups in total. The number of fused-ring (bicyclic) bond motifs is 1. The molecule has 0 atom stereocenters. The third-order valence-corrected chi connectivity index (χ3v) is 7.84. The van der Waals surface area contributed by atoms with E-state index in [0.717, 1.165) is 42.6 Å². The van der Waals surface area contributed by atoms with Crippen molar-refractivity contribution >= 4 is 41.0 Å². The minimum Gasteiger partial charge on any atom is -0.469 e. The summed E-state index contributed by atoms with van der Waals surface area (Å²) in [5.41, 5.74) is 4.34. The second-order valence-corrected chi connectivity index (χ2v) is 10.8. The Kier molecular flexibility index (Phi) is 8.69. The largest absolute Gasteiger partial charge is 0.469 e. The molecule has 0 unspecified atom stereocenters. The highest BCUT2D eigenvalue weighted by Gasteiger charge is 2.30. The Labute approximate surface area is 244 Å². The lowest BCUT2D eigenvalue weighted by molar-refractivity contribution is -0.140. The molecule has 2 heterocycles. The van der Waals surface area contributed by atoms with Crippen LogP contribution in [0.3, 0.4) is 0 Å². The van der Waals surface area contributed by atoms with E-state index in [-0.39, 0.29) is 49.7 Å². The molecule has 0 aliphatic carbocycles. The standard InChI is InChI=1S/C32H32ClN3O5/c1-41-30(38)15-7-22-4-10-26-20-35(32(40)25-11-13-27(33)14-12-25)21-29(37)36(28(26)18-22)19-23-5-8-24(9-6-23)31(39)34-16-2-3-17-34/h4-6,8-14,18H,2-3,7,15-17,19-21H2,1H3. The minimum absolute atomic E-state index is 0.0249. The topological polar surface area (TPSA) is 87.2 Å². The number of benzene rings is 3. The van der Waals surface area contributed by atoms with Crippen LogP contribution in [0, 0.1) is 0 Å². The number of hydrogen-bond donors (Lipinski definition) is 0. The van der Waals surface area contributed by atoms with Crippen molar-refractivity contribution in [2.24, 2.45) is 0 Å². The molecule has 41 heavy (non-hydrogen) atoms. The summed E-state index contributed by atoms with van der Waals surface area (Å²) < 4.78 is 4.79. The van der Waals surface area contributed by atoms with Crippen LogP contribution in [0.25, 0.3) is 0 Å². The van der Waals surface area contributed by atoms with Crippen molar-refractivity contribution in [2.75, 3.05) is 31.6 Å². The second-order valence-electron chi connectivity index (χ2n) is 10.4. The third-order valence-electron chi connectivity index (χ3n) is 7.59. The van der Waals surface area contributed by atoms with Gasteiger partial charge in [-0.1, -0.05) is 35.9 Å². The fourth-order valence-corrected chi connectivity index (χ4v) is 5.40. The van der Waals surface area contributed by atoms with Crippen molar-refractivity contribution < 1.29 is 23.9 Å². The molecule has 212 valence electrons. The van der Waals surface area contributed by atoms with E-state index in [0.29, 0.717) is 28.3 Å². The quantitative estimate of drug-likeness (QED) is 0.376. The highest BCUT2D eigenvalue weighted by molar-refractivity contribution is 6.30. The highest BCUT2D eigenvalue weighted by Crippen LogP contribution is 2.30. The Hall–Kier alpha value is -4.17. The van der Waals surface area contributed by atoms with Crippen molar-refractivity contribution in [1.82, 2.24) is 9.80 Å². The average molecular weight is 574 g/mol. The zero-order valence-electron chi connectivity index (χ0n) is 23.0. The van der Waals surface area contributed by atoms with Crippen LogP contribution in [0.4, 0.5) is 5.69 Å². The molecule has 0 spiro atoms. The van der Waals surface area contributed by atoms with Crippen LogP contribution in [-0.2, 0) is 33.8 Å². The van der Waals surface area contributed by atoms with E-state index in [1.165, 1.54) is 12.0 Å². The summed E-state index contributed by atoms with van der Waals surface area (Å²) in [6.07, 6.45) is 2.73. The maximum Gasteiger partial charge on any atom is 0.305 e. The molecule has 5 rings (SSSR count). The number of ether oxygens (including phenoxy) is 1. The normalized spacial score (nSPS) is 15.0. The molecule has 0 aromatic heterocycles. The Morgan fingerprint density at radius 1 is 0.805 bits per heavy atom. The van der Waals surface area contributed by atoms with E-state index in [9.17, 15) is 19.2 Å². The van der Waals surface area contributed by atoms with Crippen LogP contribution >= 0.6 is 11.6 Å². The summed E-state index contributed by atoms with van der Waals surface area (Å²) in [7, 11) is 1.36. The van der Waals surface area contributed by atoms with Gasteiger partial charge in [0.05, 0.1) is 13.7 Å². The number of hydrogen-bond acceptors (Lipinski definition) is 5. The molecule has 9 heteroatoms. The van der Waals surface area contributed by atoms with Crippen molar-refractivity contribution in [2.45, 2.75) is 38.8 Å². The molecule has 0 radical (unpaired) electrons. The highest BCUT2D eigenvalue weighted by atomic mass is 35.5. The number of rotatable bonds is 7. The summed E-state index contributed by atoms with van der Waals surface area (Å²) in [4.78, 5) is 56.8. The summed E-state index contributed by atoms with van der Waals surface area (Å²) in [5.74, 6) is -0.774. The zero-order valence-corrected chi connectivity index (χ0v) is 23.7. The van der Waals surface area contributed by atoms with E-state index in [1.54, 1.807) is 29.2 Å². The molecule has 3 amide bonds. The lowest BCUT2D eigenvalue weighted by Crippen LogP contribution is -2.39. The van der Waals surface area contributed by atoms with Crippen molar-refractivity contribution in [3.05, 3.63) is 99.6 Å². The zero-order chi connectivity index (χ0) is 28.9. The number of carbonyl (C=O) groups excluding carboxylic acids is 4. The lowest BCUT2D eigenvalue weighted by atomic mass is 10.0. The molecule has 1 fully saturated rings. The predicted octanol–water partition coefficient (Wildman–Crippen LogP) is 4.87. The molecule has 1 saturated heterocycles. The average Bonchev–Trinajstić information content (AvgIpc) is 3.50. The van der Waals surface area contributed by atoms with Gasteiger partial charge in [0.15, 0.2) is 0 Å². The van der Waals surface area contributed by atoms with Gasteiger partial charge in [0, 0.05) is 47.9 Å². The number of methoxy groups -OCH3 is 1. The van der Waals surface area contributed by atoms with E-state index in [1.807, 2.05) is 47.4 Å². The Balaban J connectivity index is 1.42. The number of anilines is 1. The maximum absolute atomic E-state index is 13.7. The molecule has 0 saturated carbocycles. The molecule has 2 aliphatic heterocycles. The number of amides is 3. The molecule has 2 aliphatic rings. The Morgan fingerprint density at radius 2 is 1.41 bits per heavy atom. The lowest BCUT2D eigenvalue weighted by Gasteiger charge is -2.24.